The molecule has 1 unspecified atom stereocenters. The number of benzene rings is 1. The van der Waals surface area contributed by atoms with Gasteiger partial charge in [-0.3, -0.25) is 10.1 Å². The van der Waals surface area contributed by atoms with Crippen molar-refractivity contribution in [2.24, 2.45) is 0 Å². The first kappa shape index (κ1) is 15.6. The number of alkyl halides is 1. The maximum Gasteiger partial charge on any atom is 0.412 e. The van der Waals surface area contributed by atoms with Crippen molar-refractivity contribution >= 4 is 35.0 Å². The molecule has 1 saturated heterocycles. The summed E-state index contributed by atoms with van der Waals surface area (Å²) in [7, 11) is 0. The van der Waals surface area contributed by atoms with Gasteiger partial charge in [-0.2, -0.15) is 0 Å². The zero-order valence-electron chi connectivity index (χ0n) is 12.4. The molecule has 5 nitrogen and oxygen atoms in total. The smallest absolute Gasteiger partial charge is 0.412 e. The van der Waals surface area contributed by atoms with E-state index in [1.807, 2.05) is 0 Å². The average molecular weight is 311 g/mol. The summed E-state index contributed by atoms with van der Waals surface area (Å²) in [5.74, 6) is 0.0165. The third-order valence-corrected chi connectivity index (χ3v) is 3.19. The first-order valence-electron chi connectivity index (χ1n) is 6.79. The summed E-state index contributed by atoms with van der Waals surface area (Å²) in [6, 6.07) is 7.02. The summed E-state index contributed by atoms with van der Waals surface area (Å²) in [5.41, 5.74) is 0.849. The number of carbonyl (C=O) groups is 2. The van der Waals surface area contributed by atoms with Crippen molar-refractivity contribution < 1.29 is 14.3 Å². The van der Waals surface area contributed by atoms with E-state index in [0.717, 1.165) is 5.69 Å². The van der Waals surface area contributed by atoms with E-state index in [2.05, 4.69) is 5.32 Å². The molecule has 1 fully saturated rings. The Balaban J connectivity index is 1.99. The van der Waals surface area contributed by atoms with Gasteiger partial charge in [0.25, 0.3) is 0 Å². The largest absolute Gasteiger partial charge is 0.444 e. The van der Waals surface area contributed by atoms with Crippen molar-refractivity contribution in [3.05, 3.63) is 24.3 Å². The molecule has 0 spiro atoms. The second-order valence-electron chi connectivity index (χ2n) is 5.98. The van der Waals surface area contributed by atoms with Gasteiger partial charge in [0, 0.05) is 24.3 Å². The van der Waals surface area contributed by atoms with E-state index >= 15 is 0 Å². The first-order valence-corrected chi connectivity index (χ1v) is 7.23. The number of anilines is 2. The Hall–Kier alpha value is -1.75. The van der Waals surface area contributed by atoms with Crippen LogP contribution in [0.1, 0.15) is 27.2 Å². The summed E-state index contributed by atoms with van der Waals surface area (Å²) < 4.78 is 5.17. The lowest BCUT2D eigenvalue weighted by Gasteiger charge is -2.20. The van der Waals surface area contributed by atoms with E-state index in [1.165, 1.54) is 0 Å². The molecule has 0 saturated carbocycles. The Kier molecular flexibility index (Phi) is 4.42. The Morgan fingerprint density at radius 2 is 1.95 bits per heavy atom. The van der Waals surface area contributed by atoms with Crippen LogP contribution in [0.3, 0.4) is 0 Å². The second kappa shape index (κ2) is 5.93. The molecule has 1 aromatic carbocycles. The molecule has 0 radical (unpaired) electrons. The Labute approximate surface area is 129 Å². The number of nitrogens with zero attached hydrogens (tertiary/aromatic N) is 1. The van der Waals surface area contributed by atoms with Crippen LogP contribution in [0.2, 0.25) is 0 Å². The third-order valence-electron chi connectivity index (χ3n) is 2.90. The number of halogens is 1. The highest BCUT2D eigenvalue weighted by atomic mass is 35.5. The minimum Gasteiger partial charge on any atom is -0.444 e. The van der Waals surface area contributed by atoms with Crippen LogP contribution in [0.15, 0.2) is 24.3 Å². The van der Waals surface area contributed by atoms with Gasteiger partial charge in [-0.15, -0.1) is 11.6 Å². The molecule has 6 heteroatoms. The van der Waals surface area contributed by atoms with Gasteiger partial charge in [0.2, 0.25) is 5.91 Å². The quantitative estimate of drug-likeness (QED) is 0.852. The zero-order chi connectivity index (χ0) is 15.6. The summed E-state index contributed by atoms with van der Waals surface area (Å²) in [4.78, 5) is 25.1. The SMILES string of the molecule is CC(C)(C)OC(=O)Nc1ccc(N2CC(Cl)CC2=O)cc1. The lowest BCUT2D eigenvalue weighted by molar-refractivity contribution is -0.117. The lowest BCUT2D eigenvalue weighted by atomic mass is 10.2. The Morgan fingerprint density at radius 1 is 1.33 bits per heavy atom. The predicted octanol–water partition coefficient (Wildman–Crippen LogP) is 3.38. The third kappa shape index (κ3) is 4.36. The van der Waals surface area contributed by atoms with Crippen LogP contribution in [-0.4, -0.2) is 29.5 Å². The van der Waals surface area contributed by atoms with Crippen molar-refractivity contribution in [2.45, 2.75) is 38.2 Å². The summed E-state index contributed by atoms with van der Waals surface area (Å²) >= 11 is 5.98. The van der Waals surface area contributed by atoms with Crippen molar-refractivity contribution in [3.63, 3.8) is 0 Å². The molecule has 0 aliphatic carbocycles. The standard InChI is InChI=1S/C15H19ClN2O3/c1-15(2,3)21-14(20)17-11-4-6-12(7-5-11)18-9-10(16)8-13(18)19/h4-7,10H,8-9H2,1-3H3,(H,17,20). The second-order valence-corrected chi connectivity index (χ2v) is 6.60. The fourth-order valence-corrected chi connectivity index (χ4v) is 2.33. The highest BCUT2D eigenvalue weighted by molar-refractivity contribution is 6.24. The lowest BCUT2D eigenvalue weighted by Crippen LogP contribution is -2.27. The maximum absolute atomic E-state index is 11.8. The highest BCUT2D eigenvalue weighted by Crippen LogP contribution is 2.25. The minimum absolute atomic E-state index is 0.0165. The van der Waals surface area contributed by atoms with Crippen LogP contribution < -0.4 is 10.2 Å². The van der Waals surface area contributed by atoms with Crippen LogP contribution in [0, 0.1) is 0 Å². The molecule has 21 heavy (non-hydrogen) atoms. The number of ether oxygens (including phenoxy) is 1. The predicted molar refractivity (Wildman–Crippen MR) is 82.9 cm³/mol. The van der Waals surface area contributed by atoms with Gasteiger partial charge in [-0.1, -0.05) is 0 Å². The van der Waals surface area contributed by atoms with Gasteiger partial charge in [-0.25, -0.2) is 4.79 Å². The molecule has 1 atom stereocenters. The monoisotopic (exact) mass is 310 g/mol. The number of rotatable bonds is 2. The fraction of sp³-hybridized carbons (Fsp3) is 0.467. The van der Waals surface area contributed by atoms with Gasteiger partial charge in [0.1, 0.15) is 5.60 Å². The molecule has 1 N–H and O–H groups in total. The highest BCUT2D eigenvalue weighted by Gasteiger charge is 2.29. The van der Waals surface area contributed by atoms with Crippen LogP contribution in [-0.2, 0) is 9.53 Å². The van der Waals surface area contributed by atoms with E-state index in [0.29, 0.717) is 18.7 Å². The van der Waals surface area contributed by atoms with Crippen molar-refractivity contribution in [3.8, 4) is 0 Å². The molecule has 114 valence electrons. The minimum atomic E-state index is -0.540. The van der Waals surface area contributed by atoms with Gasteiger partial charge in [0.05, 0.1) is 5.38 Å². The molecule has 1 heterocycles. The van der Waals surface area contributed by atoms with Crippen LogP contribution in [0.5, 0.6) is 0 Å². The van der Waals surface area contributed by atoms with Crippen LogP contribution in [0.25, 0.3) is 0 Å². The molecule has 2 amide bonds. The molecule has 0 bridgehead atoms. The van der Waals surface area contributed by atoms with E-state index in [9.17, 15) is 9.59 Å². The molecule has 1 aliphatic heterocycles. The maximum atomic E-state index is 11.8. The van der Waals surface area contributed by atoms with E-state index in [4.69, 9.17) is 16.3 Å². The van der Waals surface area contributed by atoms with Gasteiger partial charge in [-0.05, 0) is 45.0 Å². The summed E-state index contributed by atoms with van der Waals surface area (Å²) in [5, 5.41) is 2.50. The average Bonchev–Trinajstić information content (AvgIpc) is 2.67. The number of hydrogen-bond donors (Lipinski definition) is 1. The normalized spacial score (nSPS) is 18.8. The van der Waals surface area contributed by atoms with E-state index in [1.54, 1.807) is 49.9 Å². The summed E-state index contributed by atoms with van der Waals surface area (Å²) in [6.45, 7) is 5.92. The fourth-order valence-electron chi connectivity index (χ4n) is 2.06. The number of hydrogen-bond acceptors (Lipinski definition) is 3. The van der Waals surface area contributed by atoms with Gasteiger partial charge < -0.3 is 9.64 Å². The van der Waals surface area contributed by atoms with E-state index in [-0.39, 0.29) is 11.3 Å². The van der Waals surface area contributed by atoms with Crippen LogP contribution >= 0.6 is 11.6 Å². The molecule has 0 aromatic heterocycles. The van der Waals surface area contributed by atoms with Gasteiger partial charge >= 0.3 is 6.09 Å². The number of carbonyl (C=O) groups excluding carboxylic acids is 2. The van der Waals surface area contributed by atoms with Crippen molar-refractivity contribution in [1.29, 1.82) is 0 Å². The molecule has 2 rings (SSSR count). The first-order chi connectivity index (χ1) is 9.74. The summed E-state index contributed by atoms with van der Waals surface area (Å²) in [6.07, 6.45) is -0.146. The zero-order valence-corrected chi connectivity index (χ0v) is 13.1. The van der Waals surface area contributed by atoms with Crippen LogP contribution in [0.4, 0.5) is 16.2 Å². The molecular formula is C15H19ClN2O3. The van der Waals surface area contributed by atoms with Gasteiger partial charge in [0.15, 0.2) is 0 Å². The molecular weight excluding hydrogens is 292 g/mol. The van der Waals surface area contributed by atoms with Crippen molar-refractivity contribution in [2.75, 3.05) is 16.8 Å². The van der Waals surface area contributed by atoms with Crippen molar-refractivity contribution in [1.82, 2.24) is 0 Å². The number of amides is 2. The van der Waals surface area contributed by atoms with E-state index < -0.39 is 11.7 Å². The molecule has 1 aliphatic rings. The molecule has 1 aromatic rings. The number of nitrogens with one attached hydrogen (secondary N) is 1. The Morgan fingerprint density at radius 3 is 2.43 bits per heavy atom. The Bertz CT molecular complexity index is 537. The topological polar surface area (TPSA) is 58.6 Å².